The third kappa shape index (κ3) is 3.42. The first-order valence-electron chi connectivity index (χ1n) is 7.75. The number of rotatable bonds is 6. The first-order chi connectivity index (χ1) is 13.1. The number of aliphatic carboxylic acids is 1. The molecule has 0 aliphatic carbocycles. The number of nitrogens with one attached hydrogen (secondary N) is 1. The molecule has 0 unspecified atom stereocenters. The summed E-state index contributed by atoms with van der Waals surface area (Å²) >= 11 is 0. The molecule has 150 valence electrons. The summed E-state index contributed by atoms with van der Waals surface area (Å²) in [5, 5.41) is 20.3. The lowest BCUT2D eigenvalue weighted by Gasteiger charge is -2.48. The second-order valence-electron chi connectivity index (χ2n) is 6.00. The highest BCUT2D eigenvalue weighted by molar-refractivity contribution is 7.92. The van der Waals surface area contributed by atoms with E-state index in [2.05, 4.69) is 20.8 Å². The second kappa shape index (κ2) is 6.99. The molecule has 3 rings (SSSR count). The molecule has 0 saturated carbocycles. The molecule has 2 aliphatic rings. The average molecular weight is 414 g/mol. The topological polar surface area (TPSA) is 191 Å². The van der Waals surface area contributed by atoms with Crippen LogP contribution in [0, 0.1) is 0 Å². The Morgan fingerprint density at radius 2 is 2.11 bits per heavy atom. The maximum absolute atomic E-state index is 12.6. The molecule has 1 fully saturated rings. The van der Waals surface area contributed by atoms with Crippen molar-refractivity contribution in [1.82, 2.24) is 30.4 Å². The molecule has 2 amide bonds. The van der Waals surface area contributed by atoms with Crippen molar-refractivity contribution in [2.75, 3.05) is 12.4 Å². The van der Waals surface area contributed by atoms with Crippen LogP contribution in [0.15, 0.2) is 17.6 Å². The molecule has 2 aliphatic heterocycles. The molecule has 2 N–H and O–H groups in total. The van der Waals surface area contributed by atoms with Crippen molar-refractivity contribution in [3.05, 3.63) is 17.6 Å². The number of hydrogen-bond donors (Lipinski definition) is 2. The molecule has 0 spiro atoms. The number of carbonyl (C=O) groups excluding carboxylic acids is 3. The van der Waals surface area contributed by atoms with Gasteiger partial charge >= 0.3 is 11.9 Å². The van der Waals surface area contributed by atoms with E-state index in [-0.39, 0.29) is 12.1 Å². The van der Waals surface area contributed by atoms with Crippen LogP contribution in [0.1, 0.15) is 6.92 Å². The number of carboxylic acid groups (broad SMARTS) is 1. The first kappa shape index (κ1) is 19.4. The Balaban J connectivity index is 1.84. The summed E-state index contributed by atoms with van der Waals surface area (Å²) < 4.78 is 30.9. The zero-order valence-electron chi connectivity index (χ0n) is 14.3. The van der Waals surface area contributed by atoms with Crippen molar-refractivity contribution in [2.24, 2.45) is 0 Å². The van der Waals surface area contributed by atoms with E-state index in [0.717, 1.165) is 17.9 Å². The van der Waals surface area contributed by atoms with Gasteiger partial charge in [-0.1, -0.05) is 0 Å². The molecule has 3 heterocycles. The van der Waals surface area contributed by atoms with Crippen LogP contribution in [0.4, 0.5) is 0 Å². The van der Waals surface area contributed by atoms with Crippen LogP contribution in [0.25, 0.3) is 0 Å². The molecule has 15 heteroatoms. The number of sulfone groups is 1. The monoisotopic (exact) mass is 414 g/mol. The van der Waals surface area contributed by atoms with E-state index in [1.54, 1.807) is 0 Å². The quantitative estimate of drug-likeness (QED) is 0.349. The summed E-state index contributed by atoms with van der Waals surface area (Å²) in [4.78, 5) is 47.6. The van der Waals surface area contributed by atoms with E-state index >= 15 is 0 Å². The zero-order chi connectivity index (χ0) is 20.6. The maximum atomic E-state index is 12.6. The third-order valence-electron chi connectivity index (χ3n) is 4.03. The Kier molecular flexibility index (Phi) is 4.84. The summed E-state index contributed by atoms with van der Waals surface area (Å²) in [6.07, 6.45) is 1.15. The van der Waals surface area contributed by atoms with Gasteiger partial charge in [-0.25, -0.2) is 17.9 Å². The average Bonchev–Trinajstić information content (AvgIpc) is 3.09. The fraction of sp³-hybridized carbons (Fsp3) is 0.462. The molecule has 0 aromatic carbocycles. The lowest BCUT2D eigenvalue weighted by Crippen LogP contribution is -2.75. The number of β-lactam (4-membered cyclic amide) rings is 1. The van der Waals surface area contributed by atoms with Crippen molar-refractivity contribution < 1.29 is 37.4 Å². The van der Waals surface area contributed by atoms with E-state index in [1.807, 2.05) is 0 Å². The number of amides is 2. The van der Waals surface area contributed by atoms with Crippen LogP contribution in [0.5, 0.6) is 0 Å². The number of ether oxygens (including phenoxy) is 1. The third-order valence-corrected chi connectivity index (χ3v) is 6.00. The van der Waals surface area contributed by atoms with Gasteiger partial charge in [-0.2, -0.15) is 0 Å². The van der Waals surface area contributed by atoms with Gasteiger partial charge in [-0.3, -0.25) is 19.3 Å². The van der Waals surface area contributed by atoms with Crippen molar-refractivity contribution in [2.45, 2.75) is 24.9 Å². The number of carbonyl (C=O) groups is 4. The number of hydrogen-bond acceptors (Lipinski definition) is 10. The Labute approximate surface area is 157 Å². The molecular weight excluding hydrogens is 400 g/mol. The van der Waals surface area contributed by atoms with E-state index < -0.39 is 63.1 Å². The van der Waals surface area contributed by atoms with Gasteiger partial charge in [0, 0.05) is 12.5 Å². The van der Waals surface area contributed by atoms with Crippen LogP contribution in [0.2, 0.25) is 0 Å². The standard InChI is InChI=1S/C13H14N6O8S/c1-6(20)27-3-7-4-28(25,26)12-9(11(22)19(12)10(7)13(23)24)15-8(21)2-18-5-14-16-17-18/h5,9,12H,2-4H2,1H3,(H,15,21)(H,23,24)/t9-,12-/m0/s1. The highest BCUT2D eigenvalue weighted by Crippen LogP contribution is 2.36. The van der Waals surface area contributed by atoms with Crippen LogP contribution in [0.3, 0.4) is 0 Å². The SMILES string of the molecule is CC(=O)OCC1=C(C(=O)O)N2C(=O)[C@H](NC(=O)Cn3cnnn3)[C@@H]2S(=O)(=O)C1. The molecule has 1 aromatic heterocycles. The minimum Gasteiger partial charge on any atom is -0.477 e. The van der Waals surface area contributed by atoms with Gasteiger partial charge < -0.3 is 15.2 Å². The largest absolute Gasteiger partial charge is 0.477 e. The van der Waals surface area contributed by atoms with E-state index in [9.17, 15) is 32.7 Å². The maximum Gasteiger partial charge on any atom is 0.352 e. The van der Waals surface area contributed by atoms with Gasteiger partial charge in [0.1, 0.15) is 31.2 Å². The number of tetrazole rings is 1. The number of nitrogens with zero attached hydrogens (tertiary/aromatic N) is 5. The van der Waals surface area contributed by atoms with Crippen LogP contribution >= 0.6 is 0 Å². The zero-order valence-corrected chi connectivity index (χ0v) is 15.1. The van der Waals surface area contributed by atoms with Gasteiger partial charge in [-0.15, -0.1) is 5.10 Å². The van der Waals surface area contributed by atoms with E-state index in [0.29, 0.717) is 4.90 Å². The lowest BCUT2D eigenvalue weighted by atomic mass is 10.0. The van der Waals surface area contributed by atoms with Gasteiger partial charge in [0.05, 0.1) is 5.75 Å². The van der Waals surface area contributed by atoms with Gasteiger partial charge in [0.15, 0.2) is 15.2 Å². The van der Waals surface area contributed by atoms with Gasteiger partial charge in [0.25, 0.3) is 5.91 Å². The molecule has 28 heavy (non-hydrogen) atoms. The van der Waals surface area contributed by atoms with Crippen molar-refractivity contribution in [1.29, 1.82) is 0 Å². The normalized spacial score (nSPS) is 22.9. The van der Waals surface area contributed by atoms with Crippen LogP contribution in [-0.2, 0) is 40.3 Å². The van der Waals surface area contributed by atoms with Crippen molar-refractivity contribution >= 4 is 33.6 Å². The number of esters is 1. The van der Waals surface area contributed by atoms with Crippen LogP contribution in [-0.4, -0.2) is 86.2 Å². The summed E-state index contributed by atoms with van der Waals surface area (Å²) in [5.41, 5.74) is -0.803. The summed E-state index contributed by atoms with van der Waals surface area (Å²) in [6, 6.07) is -1.45. The Morgan fingerprint density at radius 1 is 1.39 bits per heavy atom. The number of aromatic nitrogens is 4. The number of fused-ring (bicyclic) bond motifs is 1. The van der Waals surface area contributed by atoms with Gasteiger partial charge in [-0.05, 0) is 10.4 Å². The molecule has 0 radical (unpaired) electrons. The highest BCUT2D eigenvalue weighted by Gasteiger charge is 2.60. The predicted molar refractivity (Wildman–Crippen MR) is 85.5 cm³/mol. The lowest BCUT2D eigenvalue weighted by molar-refractivity contribution is -0.151. The molecular formula is C13H14N6O8S. The van der Waals surface area contributed by atoms with Crippen molar-refractivity contribution in [3.8, 4) is 0 Å². The van der Waals surface area contributed by atoms with E-state index in [4.69, 9.17) is 4.74 Å². The molecule has 2 atom stereocenters. The summed E-state index contributed by atoms with van der Waals surface area (Å²) in [6.45, 7) is 0.137. The summed E-state index contributed by atoms with van der Waals surface area (Å²) in [7, 11) is -4.05. The Hall–Kier alpha value is -3.36. The second-order valence-corrected chi connectivity index (χ2v) is 8.09. The molecule has 1 saturated heterocycles. The fourth-order valence-corrected chi connectivity index (χ4v) is 4.95. The Bertz CT molecular complexity index is 985. The molecule has 0 bridgehead atoms. The van der Waals surface area contributed by atoms with Crippen molar-refractivity contribution in [3.63, 3.8) is 0 Å². The number of carboxylic acids is 1. The minimum atomic E-state index is -4.05. The smallest absolute Gasteiger partial charge is 0.352 e. The summed E-state index contributed by atoms with van der Waals surface area (Å²) in [5.74, 6) is -4.65. The van der Waals surface area contributed by atoms with E-state index in [1.165, 1.54) is 0 Å². The molecule has 14 nitrogen and oxygen atoms in total. The highest BCUT2D eigenvalue weighted by atomic mass is 32.2. The minimum absolute atomic E-state index is 0.231. The molecule has 1 aromatic rings. The Morgan fingerprint density at radius 3 is 2.68 bits per heavy atom. The fourth-order valence-electron chi connectivity index (χ4n) is 2.94. The first-order valence-corrected chi connectivity index (χ1v) is 9.47. The van der Waals surface area contributed by atoms with Gasteiger partial charge in [0.2, 0.25) is 5.91 Å². The van der Waals surface area contributed by atoms with Crippen LogP contribution < -0.4 is 5.32 Å². The predicted octanol–water partition coefficient (Wildman–Crippen LogP) is -3.34.